The van der Waals surface area contributed by atoms with Crippen molar-refractivity contribution in [2.45, 2.75) is 12.8 Å². The van der Waals surface area contributed by atoms with E-state index >= 15 is 0 Å². The minimum Gasteiger partial charge on any atom is -0.491 e. The van der Waals surface area contributed by atoms with Gasteiger partial charge in [0.25, 0.3) is 0 Å². The lowest BCUT2D eigenvalue weighted by atomic mass is 10.1. The number of rotatable bonds is 9. The molecule has 1 atom stereocenters. The van der Waals surface area contributed by atoms with E-state index in [-0.39, 0.29) is 16.8 Å². The van der Waals surface area contributed by atoms with Crippen LogP contribution in [-0.2, 0) is 14.3 Å². The molecule has 5 rings (SSSR count). The van der Waals surface area contributed by atoms with Crippen molar-refractivity contribution in [3.05, 3.63) is 59.7 Å². The number of nitrogens with one attached hydrogen (secondary N) is 2. The molecule has 1 amide bonds. The molecule has 0 bridgehead atoms. The Morgan fingerprint density at radius 1 is 1.18 bits per heavy atom. The van der Waals surface area contributed by atoms with Crippen molar-refractivity contribution in [3.8, 4) is 5.75 Å². The summed E-state index contributed by atoms with van der Waals surface area (Å²) in [6, 6.07) is 7.90. The van der Waals surface area contributed by atoms with Gasteiger partial charge in [0.2, 0.25) is 5.91 Å². The predicted octanol–water partition coefficient (Wildman–Crippen LogP) is 4.80. The zero-order chi connectivity index (χ0) is 27.0. The van der Waals surface area contributed by atoms with Crippen LogP contribution in [0.2, 0.25) is 5.02 Å². The fraction of sp³-hybridized carbons (Fsp3) is 0.393. The molecular formula is C28H31ClFN5O4. The summed E-state index contributed by atoms with van der Waals surface area (Å²) < 4.78 is 30.8. The Balaban J connectivity index is 1.38. The van der Waals surface area contributed by atoms with Crippen LogP contribution in [0, 0.1) is 11.7 Å². The fourth-order valence-electron chi connectivity index (χ4n) is 4.50. The summed E-state index contributed by atoms with van der Waals surface area (Å²) in [4.78, 5) is 23.9. The third-order valence-electron chi connectivity index (χ3n) is 6.62. The molecule has 2 fully saturated rings. The lowest BCUT2D eigenvalue weighted by Gasteiger charge is -2.17. The number of nitrogens with zero attached hydrogens (tertiary/aromatic N) is 3. The van der Waals surface area contributed by atoms with Gasteiger partial charge in [-0.05, 0) is 37.1 Å². The zero-order valence-electron chi connectivity index (χ0n) is 21.5. The Morgan fingerprint density at radius 3 is 2.95 bits per heavy atom. The van der Waals surface area contributed by atoms with Crippen molar-refractivity contribution in [2.24, 2.45) is 5.92 Å². The van der Waals surface area contributed by atoms with Gasteiger partial charge in [-0.1, -0.05) is 17.7 Å². The largest absolute Gasteiger partial charge is 0.491 e. The number of halogens is 2. The van der Waals surface area contributed by atoms with Crippen LogP contribution in [0.5, 0.6) is 5.75 Å². The second-order valence-electron chi connectivity index (χ2n) is 9.54. The van der Waals surface area contributed by atoms with E-state index in [2.05, 4.69) is 25.5 Å². The lowest BCUT2D eigenvalue weighted by molar-refractivity contribution is -0.111. The van der Waals surface area contributed by atoms with E-state index < -0.39 is 5.82 Å². The summed E-state index contributed by atoms with van der Waals surface area (Å²) >= 11 is 5.95. The number of ether oxygens (including phenoxy) is 3. The van der Waals surface area contributed by atoms with Gasteiger partial charge in [-0.25, -0.2) is 14.4 Å². The number of carbonyl (C=O) groups is 1. The van der Waals surface area contributed by atoms with Gasteiger partial charge in [-0.2, -0.15) is 0 Å². The highest BCUT2D eigenvalue weighted by Gasteiger charge is 2.19. The molecule has 206 valence electrons. The molecule has 2 aliphatic heterocycles. The van der Waals surface area contributed by atoms with Crippen molar-refractivity contribution in [1.82, 2.24) is 14.9 Å². The molecule has 2 aromatic carbocycles. The average Bonchev–Trinajstić information content (AvgIpc) is 3.32. The average molecular weight is 556 g/mol. The first-order valence-electron chi connectivity index (χ1n) is 13.0. The minimum absolute atomic E-state index is 0.00242. The molecule has 2 saturated heterocycles. The highest BCUT2D eigenvalue weighted by molar-refractivity contribution is 6.31. The standard InChI is InChI=1S/C28H31ClFN5O4/c29-22-13-20(4-5-23(22)30)33-28-21-14-25(34-27(36)3-1-7-35-8-2-10-37-12-9-35)26(15-24(21)31-18-32-28)39-17-19-6-11-38-16-19/h1,3-5,13-15,18-19H,2,6-12,16-17H2,(H,34,36)(H,31,32,33)/b3-1+. The Morgan fingerprint density at radius 2 is 2.10 bits per heavy atom. The Hall–Kier alpha value is -3.31. The monoisotopic (exact) mass is 555 g/mol. The van der Waals surface area contributed by atoms with Crippen LogP contribution < -0.4 is 15.4 Å². The molecule has 0 spiro atoms. The molecule has 1 unspecified atom stereocenters. The van der Waals surface area contributed by atoms with Crippen LogP contribution in [0.1, 0.15) is 12.8 Å². The van der Waals surface area contributed by atoms with Crippen LogP contribution in [0.3, 0.4) is 0 Å². The van der Waals surface area contributed by atoms with E-state index in [9.17, 15) is 9.18 Å². The predicted molar refractivity (Wildman–Crippen MR) is 148 cm³/mol. The number of carbonyl (C=O) groups excluding carboxylic acids is 1. The molecule has 0 radical (unpaired) electrons. The number of amides is 1. The third kappa shape index (κ3) is 7.42. The van der Waals surface area contributed by atoms with Crippen molar-refractivity contribution in [1.29, 1.82) is 0 Å². The molecule has 2 N–H and O–H groups in total. The molecule has 9 nitrogen and oxygen atoms in total. The van der Waals surface area contributed by atoms with E-state index in [1.54, 1.807) is 18.2 Å². The van der Waals surface area contributed by atoms with Crippen molar-refractivity contribution in [2.75, 3.05) is 63.3 Å². The molecule has 2 aliphatic rings. The normalized spacial score (nSPS) is 18.4. The fourth-order valence-corrected chi connectivity index (χ4v) is 4.68. The molecule has 3 heterocycles. The number of hydrogen-bond acceptors (Lipinski definition) is 8. The summed E-state index contributed by atoms with van der Waals surface area (Å²) in [6.07, 6.45) is 6.72. The zero-order valence-corrected chi connectivity index (χ0v) is 22.3. The van der Waals surface area contributed by atoms with Gasteiger partial charge in [-0.3, -0.25) is 9.69 Å². The first-order valence-corrected chi connectivity index (χ1v) is 13.4. The second-order valence-corrected chi connectivity index (χ2v) is 9.95. The minimum atomic E-state index is -0.508. The Bertz CT molecular complexity index is 1330. The summed E-state index contributed by atoms with van der Waals surface area (Å²) in [5.41, 5.74) is 1.68. The van der Waals surface area contributed by atoms with E-state index in [1.807, 2.05) is 6.08 Å². The van der Waals surface area contributed by atoms with Crippen LogP contribution in [0.15, 0.2) is 48.8 Å². The van der Waals surface area contributed by atoms with Gasteiger partial charge >= 0.3 is 0 Å². The Kier molecular flexibility index (Phi) is 9.20. The van der Waals surface area contributed by atoms with Gasteiger partial charge in [0, 0.05) is 62.0 Å². The lowest BCUT2D eigenvalue weighted by Crippen LogP contribution is -2.26. The molecule has 0 aliphatic carbocycles. The number of hydrogen-bond donors (Lipinski definition) is 2. The highest BCUT2D eigenvalue weighted by atomic mass is 35.5. The summed E-state index contributed by atoms with van der Waals surface area (Å²) in [7, 11) is 0. The third-order valence-corrected chi connectivity index (χ3v) is 6.91. The molecule has 39 heavy (non-hydrogen) atoms. The number of benzene rings is 2. The summed E-state index contributed by atoms with van der Waals surface area (Å²) in [5.74, 6) is 0.494. The van der Waals surface area contributed by atoms with Crippen LogP contribution in [0.25, 0.3) is 10.9 Å². The maximum atomic E-state index is 13.6. The topological polar surface area (TPSA) is 97.8 Å². The molecule has 3 aromatic rings. The summed E-state index contributed by atoms with van der Waals surface area (Å²) in [6.45, 7) is 5.75. The molecule has 1 aromatic heterocycles. The first kappa shape index (κ1) is 27.3. The van der Waals surface area contributed by atoms with Gasteiger partial charge in [-0.15, -0.1) is 0 Å². The van der Waals surface area contributed by atoms with Crippen LogP contribution >= 0.6 is 11.6 Å². The maximum Gasteiger partial charge on any atom is 0.248 e. The van der Waals surface area contributed by atoms with Crippen LogP contribution in [0.4, 0.5) is 21.6 Å². The van der Waals surface area contributed by atoms with E-state index in [0.29, 0.717) is 60.2 Å². The van der Waals surface area contributed by atoms with Gasteiger partial charge in [0.1, 0.15) is 23.7 Å². The smallest absolute Gasteiger partial charge is 0.248 e. The van der Waals surface area contributed by atoms with Gasteiger partial charge in [0.05, 0.1) is 36.0 Å². The van der Waals surface area contributed by atoms with E-state index in [0.717, 1.165) is 39.1 Å². The van der Waals surface area contributed by atoms with E-state index in [4.69, 9.17) is 25.8 Å². The molecule has 0 saturated carbocycles. The van der Waals surface area contributed by atoms with Gasteiger partial charge < -0.3 is 24.8 Å². The first-order chi connectivity index (χ1) is 19.0. The molecule has 11 heteroatoms. The van der Waals surface area contributed by atoms with Crippen molar-refractivity contribution < 1.29 is 23.4 Å². The second kappa shape index (κ2) is 13.2. The Labute approximate surface area is 231 Å². The van der Waals surface area contributed by atoms with Crippen molar-refractivity contribution >= 4 is 45.6 Å². The van der Waals surface area contributed by atoms with Crippen molar-refractivity contribution in [3.63, 3.8) is 0 Å². The molecular weight excluding hydrogens is 525 g/mol. The number of anilines is 3. The van der Waals surface area contributed by atoms with E-state index in [1.165, 1.54) is 24.5 Å². The highest BCUT2D eigenvalue weighted by Crippen LogP contribution is 2.34. The summed E-state index contributed by atoms with van der Waals surface area (Å²) in [5, 5.41) is 6.77. The van der Waals surface area contributed by atoms with Crippen LogP contribution in [-0.4, -0.2) is 73.4 Å². The number of fused-ring (bicyclic) bond motifs is 1. The number of aromatic nitrogens is 2. The quantitative estimate of drug-likeness (QED) is 0.363. The SMILES string of the molecule is O=C(/C=C/CN1CCCOCC1)Nc1cc2c(Nc3ccc(F)c(Cl)c3)ncnc2cc1OCC1CCOC1. The maximum absolute atomic E-state index is 13.6. The van der Waals surface area contributed by atoms with Gasteiger partial charge in [0.15, 0.2) is 0 Å².